The van der Waals surface area contributed by atoms with Gasteiger partial charge in [-0.3, -0.25) is 0 Å². The van der Waals surface area contributed by atoms with Crippen molar-refractivity contribution in [1.82, 2.24) is 0 Å². The molecule has 1 aliphatic rings. The minimum absolute atomic E-state index is 0.912. The first-order valence-corrected chi connectivity index (χ1v) is 5.56. The summed E-state index contributed by atoms with van der Waals surface area (Å²) in [5, 5.41) is 0. The number of fused-ring (bicyclic) bond motifs is 1. The average Bonchev–Trinajstić information content (AvgIpc) is 2.72. The second kappa shape index (κ2) is 4.01. The van der Waals surface area contributed by atoms with Crippen LogP contribution in [0.4, 0.5) is 0 Å². The van der Waals surface area contributed by atoms with Gasteiger partial charge >= 0.3 is 0 Å². The molecule has 0 aliphatic carbocycles. The Hall–Kier alpha value is -1.76. The van der Waals surface area contributed by atoms with Crippen LogP contribution in [0.1, 0.15) is 11.1 Å². The monoisotopic (exact) mass is 209 g/mol. The molecule has 0 N–H and O–H groups in total. The number of para-hydroxylation sites is 1. The van der Waals surface area contributed by atoms with Gasteiger partial charge in [-0.25, -0.2) is 0 Å². The molecule has 1 heteroatoms. The summed E-state index contributed by atoms with van der Waals surface area (Å²) < 4.78 is 5.83. The van der Waals surface area contributed by atoms with E-state index in [2.05, 4.69) is 36.4 Å². The molecule has 0 fully saturated rings. The summed E-state index contributed by atoms with van der Waals surface area (Å²) >= 11 is 0. The summed E-state index contributed by atoms with van der Waals surface area (Å²) in [4.78, 5) is 0. The Morgan fingerprint density at radius 2 is 1.62 bits per heavy atom. The van der Waals surface area contributed by atoms with Crippen LogP contribution in [-0.4, -0.2) is 0 Å². The lowest BCUT2D eigenvalue weighted by molar-refractivity contribution is 0.343. The van der Waals surface area contributed by atoms with Crippen molar-refractivity contribution in [2.75, 3.05) is 0 Å². The Balaban J connectivity index is 1.73. The van der Waals surface area contributed by atoms with Gasteiger partial charge in [0.2, 0.25) is 0 Å². The molecule has 0 spiro atoms. The number of rotatable bonds is 2. The SMILES string of the molecule is c1ccc(C[C]2Cc3ccccc3O2)cc1. The number of hydrogen-bond donors (Lipinski definition) is 0. The van der Waals surface area contributed by atoms with Gasteiger partial charge in [0, 0.05) is 12.8 Å². The van der Waals surface area contributed by atoms with Crippen LogP contribution in [0.3, 0.4) is 0 Å². The molecule has 0 atom stereocenters. The van der Waals surface area contributed by atoms with Gasteiger partial charge in [-0.05, 0) is 17.2 Å². The topological polar surface area (TPSA) is 9.23 Å². The molecule has 0 amide bonds. The molecular weight excluding hydrogens is 196 g/mol. The number of benzene rings is 2. The molecule has 1 aliphatic heterocycles. The van der Waals surface area contributed by atoms with Gasteiger partial charge in [0.25, 0.3) is 0 Å². The molecule has 79 valence electrons. The lowest BCUT2D eigenvalue weighted by atomic mass is 10.0. The Labute approximate surface area is 95.7 Å². The van der Waals surface area contributed by atoms with Crippen molar-refractivity contribution >= 4 is 0 Å². The smallest absolute Gasteiger partial charge is 0.157 e. The fourth-order valence-electron chi connectivity index (χ4n) is 2.08. The van der Waals surface area contributed by atoms with E-state index < -0.39 is 0 Å². The minimum atomic E-state index is 0.912. The highest BCUT2D eigenvalue weighted by Gasteiger charge is 2.23. The first kappa shape index (κ1) is 9.46. The van der Waals surface area contributed by atoms with Crippen LogP contribution >= 0.6 is 0 Å². The zero-order valence-corrected chi connectivity index (χ0v) is 9.02. The van der Waals surface area contributed by atoms with E-state index in [-0.39, 0.29) is 0 Å². The van der Waals surface area contributed by atoms with Crippen molar-refractivity contribution in [2.24, 2.45) is 0 Å². The predicted molar refractivity (Wildman–Crippen MR) is 64.2 cm³/mol. The molecule has 0 saturated carbocycles. The largest absolute Gasteiger partial charge is 0.482 e. The standard InChI is InChI=1S/C15H13O/c1-2-6-12(7-3-1)10-14-11-13-8-4-5-9-15(13)16-14/h1-9H,10-11H2. The summed E-state index contributed by atoms with van der Waals surface area (Å²) in [7, 11) is 0. The van der Waals surface area contributed by atoms with Gasteiger partial charge < -0.3 is 4.74 Å². The van der Waals surface area contributed by atoms with E-state index in [0.29, 0.717) is 0 Å². The fraction of sp³-hybridized carbons (Fsp3) is 0.133. The van der Waals surface area contributed by atoms with E-state index in [1.807, 2.05) is 18.2 Å². The van der Waals surface area contributed by atoms with Crippen LogP contribution in [0.15, 0.2) is 54.6 Å². The molecule has 0 saturated heterocycles. The third-order valence-electron chi connectivity index (χ3n) is 2.86. The maximum absolute atomic E-state index is 5.83. The van der Waals surface area contributed by atoms with Crippen molar-refractivity contribution in [3.63, 3.8) is 0 Å². The molecule has 2 aromatic carbocycles. The summed E-state index contributed by atoms with van der Waals surface area (Å²) in [6, 6.07) is 18.7. The van der Waals surface area contributed by atoms with E-state index in [9.17, 15) is 0 Å². The first-order valence-electron chi connectivity index (χ1n) is 5.56. The Bertz CT molecular complexity index is 451. The zero-order chi connectivity index (χ0) is 10.8. The van der Waals surface area contributed by atoms with Crippen molar-refractivity contribution in [2.45, 2.75) is 12.8 Å². The summed E-state index contributed by atoms with van der Waals surface area (Å²) in [5.74, 6) is 1.02. The second-order valence-electron chi connectivity index (χ2n) is 4.09. The van der Waals surface area contributed by atoms with Crippen LogP contribution < -0.4 is 4.74 Å². The molecule has 3 rings (SSSR count). The van der Waals surface area contributed by atoms with Crippen LogP contribution in [0, 0.1) is 6.10 Å². The van der Waals surface area contributed by atoms with E-state index in [4.69, 9.17) is 4.74 Å². The van der Waals surface area contributed by atoms with Gasteiger partial charge in [-0.1, -0.05) is 48.5 Å². The molecule has 1 nitrogen and oxygen atoms in total. The third kappa shape index (κ3) is 1.81. The van der Waals surface area contributed by atoms with Crippen LogP contribution in [0.2, 0.25) is 0 Å². The molecule has 2 aromatic rings. The van der Waals surface area contributed by atoms with Crippen molar-refractivity contribution in [3.05, 3.63) is 71.8 Å². The quantitative estimate of drug-likeness (QED) is 0.736. The Morgan fingerprint density at radius 3 is 2.44 bits per heavy atom. The molecule has 0 unspecified atom stereocenters. The maximum Gasteiger partial charge on any atom is 0.157 e. The summed E-state index contributed by atoms with van der Waals surface area (Å²) in [6.45, 7) is 0. The predicted octanol–water partition coefficient (Wildman–Crippen LogP) is 3.40. The first-order chi connectivity index (χ1) is 7.92. The maximum atomic E-state index is 5.83. The van der Waals surface area contributed by atoms with Crippen LogP contribution in [0.25, 0.3) is 0 Å². The third-order valence-corrected chi connectivity index (χ3v) is 2.86. The second-order valence-corrected chi connectivity index (χ2v) is 4.09. The summed E-state index contributed by atoms with van der Waals surface area (Å²) in [5.41, 5.74) is 2.61. The van der Waals surface area contributed by atoms with Crippen molar-refractivity contribution < 1.29 is 4.74 Å². The molecule has 16 heavy (non-hydrogen) atoms. The van der Waals surface area contributed by atoms with Gasteiger partial charge in [0.15, 0.2) is 6.10 Å². The highest BCUT2D eigenvalue weighted by Crippen LogP contribution is 2.33. The zero-order valence-electron chi connectivity index (χ0n) is 9.02. The Morgan fingerprint density at radius 1 is 0.875 bits per heavy atom. The van der Waals surface area contributed by atoms with E-state index >= 15 is 0 Å². The lowest BCUT2D eigenvalue weighted by Crippen LogP contribution is -2.05. The molecule has 1 heterocycles. The molecular formula is C15H13O. The van der Waals surface area contributed by atoms with Crippen molar-refractivity contribution in [1.29, 1.82) is 0 Å². The average molecular weight is 209 g/mol. The van der Waals surface area contributed by atoms with E-state index in [1.54, 1.807) is 0 Å². The fourth-order valence-corrected chi connectivity index (χ4v) is 2.08. The summed E-state index contributed by atoms with van der Waals surface area (Å²) in [6.07, 6.45) is 3.01. The normalized spacial score (nSPS) is 14.5. The van der Waals surface area contributed by atoms with Gasteiger partial charge in [0.1, 0.15) is 5.75 Å². The van der Waals surface area contributed by atoms with Crippen LogP contribution in [0.5, 0.6) is 5.75 Å². The van der Waals surface area contributed by atoms with E-state index in [0.717, 1.165) is 24.7 Å². The number of hydrogen-bond acceptors (Lipinski definition) is 1. The minimum Gasteiger partial charge on any atom is -0.482 e. The highest BCUT2D eigenvalue weighted by atomic mass is 16.5. The van der Waals surface area contributed by atoms with Gasteiger partial charge in [-0.2, -0.15) is 0 Å². The van der Waals surface area contributed by atoms with Crippen LogP contribution in [-0.2, 0) is 12.8 Å². The number of ether oxygens (including phenoxy) is 1. The van der Waals surface area contributed by atoms with E-state index in [1.165, 1.54) is 11.1 Å². The van der Waals surface area contributed by atoms with Gasteiger partial charge in [-0.15, -0.1) is 0 Å². The van der Waals surface area contributed by atoms with Gasteiger partial charge in [0.05, 0.1) is 0 Å². The molecule has 0 bridgehead atoms. The lowest BCUT2D eigenvalue weighted by Gasteiger charge is -2.08. The molecule has 0 aromatic heterocycles. The van der Waals surface area contributed by atoms with Crippen molar-refractivity contribution in [3.8, 4) is 5.75 Å². The molecule has 1 radical (unpaired) electrons. The Kier molecular flexibility index (Phi) is 2.37. The highest BCUT2D eigenvalue weighted by molar-refractivity contribution is 5.40.